The van der Waals surface area contributed by atoms with Crippen LogP contribution in [0.5, 0.6) is 5.75 Å². The largest absolute Gasteiger partial charge is 0.497 e. The second-order valence-electron chi connectivity index (χ2n) is 5.14. The average Bonchev–Trinajstić information content (AvgIpc) is 2.46. The minimum Gasteiger partial charge on any atom is -0.497 e. The van der Waals surface area contributed by atoms with Crippen LogP contribution in [-0.4, -0.2) is 24.1 Å². The maximum absolute atomic E-state index is 5.17. The van der Waals surface area contributed by atoms with E-state index >= 15 is 0 Å². The smallest absolute Gasteiger partial charge is 0.161 e. The molecule has 4 heteroatoms. The molecule has 1 aromatic heterocycles. The normalized spacial score (nSPS) is 10.7. The van der Waals surface area contributed by atoms with E-state index in [0.29, 0.717) is 5.92 Å². The summed E-state index contributed by atoms with van der Waals surface area (Å²) in [6.45, 7) is 4.38. The number of nitrogens with one attached hydrogen (secondary N) is 1. The van der Waals surface area contributed by atoms with Crippen LogP contribution in [0.4, 0.5) is 5.82 Å². The summed E-state index contributed by atoms with van der Waals surface area (Å²) in [4.78, 5) is 9.18. The molecule has 0 unspecified atom stereocenters. The lowest BCUT2D eigenvalue weighted by Crippen LogP contribution is -2.03. The van der Waals surface area contributed by atoms with E-state index in [1.807, 2.05) is 37.4 Å². The van der Waals surface area contributed by atoms with Crippen LogP contribution in [0, 0.1) is 5.92 Å². The standard InChI is InChI=1S/C16H21N3O/c1-11(2)9-13-10-15(17-3)19-16(18-13)12-5-7-14(20-4)8-6-12/h5-8,10-11H,9H2,1-4H3,(H,17,18,19). The summed E-state index contributed by atoms with van der Waals surface area (Å²) in [5.41, 5.74) is 2.05. The summed E-state index contributed by atoms with van der Waals surface area (Å²) in [5.74, 6) is 3.00. The van der Waals surface area contributed by atoms with Crippen molar-refractivity contribution in [3.8, 4) is 17.1 Å². The number of hydrogen-bond acceptors (Lipinski definition) is 4. The molecule has 2 rings (SSSR count). The number of aromatic nitrogens is 2. The van der Waals surface area contributed by atoms with Crippen molar-refractivity contribution in [3.63, 3.8) is 0 Å². The summed E-state index contributed by atoms with van der Waals surface area (Å²) in [5, 5.41) is 3.10. The van der Waals surface area contributed by atoms with Gasteiger partial charge in [0.25, 0.3) is 0 Å². The van der Waals surface area contributed by atoms with Crippen LogP contribution in [0.25, 0.3) is 11.4 Å². The number of rotatable bonds is 5. The fraction of sp³-hybridized carbons (Fsp3) is 0.375. The van der Waals surface area contributed by atoms with Gasteiger partial charge in [0.05, 0.1) is 7.11 Å². The van der Waals surface area contributed by atoms with Gasteiger partial charge in [0, 0.05) is 24.4 Å². The van der Waals surface area contributed by atoms with Gasteiger partial charge < -0.3 is 10.1 Å². The Labute approximate surface area is 120 Å². The van der Waals surface area contributed by atoms with Gasteiger partial charge in [-0.2, -0.15) is 0 Å². The molecule has 0 aliphatic heterocycles. The summed E-state index contributed by atoms with van der Waals surface area (Å²) in [6, 6.07) is 9.81. The predicted octanol–water partition coefficient (Wildman–Crippen LogP) is 3.39. The molecule has 0 atom stereocenters. The van der Waals surface area contributed by atoms with Crippen LogP contribution in [0.1, 0.15) is 19.5 Å². The molecular formula is C16H21N3O. The Kier molecular flexibility index (Phi) is 4.56. The monoisotopic (exact) mass is 271 g/mol. The van der Waals surface area contributed by atoms with Gasteiger partial charge >= 0.3 is 0 Å². The van der Waals surface area contributed by atoms with Gasteiger partial charge in [-0.25, -0.2) is 9.97 Å². The van der Waals surface area contributed by atoms with E-state index in [-0.39, 0.29) is 0 Å². The quantitative estimate of drug-likeness (QED) is 0.905. The molecule has 0 bridgehead atoms. The summed E-state index contributed by atoms with van der Waals surface area (Å²) in [7, 11) is 3.53. The zero-order valence-electron chi connectivity index (χ0n) is 12.5. The van der Waals surface area contributed by atoms with Crippen molar-refractivity contribution in [2.24, 2.45) is 5.92 Å². The van der Waals surface area contributed by atoms with Gasteiger partial charge in [-0.3, -0.25) is 0 Å². The molecule has 1 heterocycles. The molecular weight excluding hydrogens is 250 g/mol. The van der Waals surface area contributed by atoms with E-state index in [4.69, 9.17) is 4.74 Å². The molecule has 4 nitrogen and oxygen atoms in total. The van der Waals surface area contributed by atoms with Crippen LogP contribution in [0.15, 0.2) is 30.3 Å². The highest BCUT2D eigenvalue weighted by Gasteiger charge is 2.08. The van der Waals surface area contributed by atoms with Crippen molar-refractivity contribution in [3.05, 3.63) is 36.0 Å². The van der Waals surface area contributed by atoms with Gasteiger partial charge in [0.15, 0.2) is 5.82 Å². The van der Waals surface area contributed by atoms with Crippen LogP contribution >= 0.6 is 0 Å². The number of anilines is 1. The molecule has 0 amide bonds. The van der Waals surface area contributed by atoms with Gasteiger partial charge in [0.2, 0.25) is 0 Å². The zero-order chi connectivity index (χ0) is 14.5. The Bertz CT molecular complexity index is 564. The van der Waals surface area contributed by atoms with Crippen molar-refractivity contribution in [1.29, 1.82) is 0 Å². The van der Waals surface area contributed by atoms with Crippen LogP contribution in [0.3, 0.4) is 0 Å². The molecule has 0 radical (unpaired) electrons. The van der Waals surface area contributed by atoms with E-state index in [1.54, 1.807) is 7.11 Å². The van der Waals surface area contributed by atoms with Gasteiger partial charge in [-0.15, -0.1) is 0 Å². The third-order valence-corrected chi connectivity index (χ3v) is 3.00. The molecule has 1 N–H and O–H groups in total. The first-order chi connectivity index (χ1) is 9.62. The molecule has 106 valence electrons. The number of benzene rings is 1. The molecule has 1 aromatic carbocycles. The number of nitrogens with zero attached hydrogens (tertiary/aromatic N) is 2. The summed E-state index contributed by atoms with van der Waals surface area (Å²) in [6.07, 6.45) is 0.945. The van der Waals surface area contributed by atoms with Crippen molar-refractivity contribution >= 4 is 5.82 Å². The second kappa shape index (κ2) is 6.37. The predicted molar refractivity (Wildman–Crippen MR) is 82.1 cm³/mol. The number of methoxy groups -OCH3 is 1. The first kappa shape index (κ1) is 14.3. The molecule has 0 saturated carbocycles. The molecule has 20 heavy (non-hydrogen) atoms. The maximum atomic E-state index is 5.17. The highest BCUT2D eigenvalue weighted by Crippen LogP contribution is 2.21. The number of hydrogen-bond donors (Lipinski definition) is 1. The van der Waals surface area contributed by atoms with Gasteiger partial charge in [-0.05, 0) is 36.6 Å². The van der Waals surface area contributed by atoms with Crippen LogP contribution in [-0.2, 0) is 6.42 Å². The molecule has 2 aromatic rings. The van der Waals surface area contributed by atoms with Gasteiger partial charge in [-0.1, -0.05) is 13.8 Å². The first-order valence-electron chi connectivity index (χ1n) is 6.82. The molecule has 0 aliphatic rings. The fourth-order valence-corrected chi connectivity index (χ4v) is 2.02. The van der Waals surface area contributed by atoms with Crippen molar-refractivity contribution in [2.45, 2.75) is 20.3 Å². The Balaban J connectivity index is 2.38. The van der Waals surface area contributed by atoms with E-state index in [9.17, 15) is 0 Å². The Morgan fingerprint density at radius 1 is 1.15 bits per heavy atom. The Morgan fingerprint density at radius 2 is 1.85 bits per heavy atom. The van der Waals surface area contributed by atoms with Crippen molar-refractivity contribution in [2.75, 3.05) is 19.5 Å². The third kappa shape index (κ3) is 3.47. The minimum absolute atomic E-state index is 0.568. The van der Waals surface area contributed by atoms with Crippen LogP contribution < -0.4 is 10.1 Å². The fourth-order valence-electron chi connectivity index (χ4n) is 2.02. The second-order valence-corrected chi connectivity index (χ2v) is 5.14. The van der Waals surface area contributed by atoms with E-state index in [0.717, 1.165) is 35.1 Å². The maximum Gasteiger partial charge on any atom is 0.161 e. The molecule has 0 aliphatic carbocycles. The molecule has 0 fully saturated rings. The van der Waals surface area contributed by atoms with Gasteiger partial charge in [0.1, 0.15) is 11.6 Å². The van der Waals surface area contributed by atoms with E-state index in [1.165, 1.54) is 0 Å². The Morgan fingerprint density at radius 3 is 2.40 bits per heavy atom. The lowest BCUT2D eigenvalue weighted by Gasteiger charge is -2.10. The topological polar surface area (TPSA) is 47.0 Å². The molecule has 0 saturated heterocycles. The SMILES string of the molecule is CNc1cc(CC(C)C)nc(-c2ccc(OC)cc2)n1. The summed E-state index contributed by atoms with van der Waals surface area (Å²) < 4.78 is 5.17. The Hall–Kier alpha value is -2.10. The van der Waals surface area contributed by atoms with Crippen LogP contribution in [0.2, 0.25) is 0 Å². The highest BCUT2D eigenvalue weighted by molar-refractivity contribution is 5.58. The number of ether oxygens (including phenoxy) is 1. The molecule has 0 spiro atoms. The third-order valence-electron chi connectivity index (χ3n) is 3.00. The van der Waals surface area contributed by atoms with Crippen molar-refractivity contribution in [1.82, 2.24) is 9.97 Å². The highest BCUT2D eigenvalue weighted by atomic mass is 16.5. The van der Waals surface area contributed by atoms with E-state index < -0.39 is 0 Å². The lowest BCUT2D eigenvalue weighted by molar-refractivity contribution is 0.415. The average molecular weight is 271 g/mol. The lowest BCUT2D eigenvalue weighted by atomic mass is 10.1. The van der Waals surface area contributed by atoms with Crippen molar-refractivity contribution < 1.29 is 4.74 Å². The minimum atomic E-state index is 0.568. The summed E-state index contributed by atoms with van der Waals surface area (Å²) >= 11 is 0. The van der Waals surface area contributed by atoms with E-state index in [2.05, 4.69) is 29.1 Å². The first-order valence-corrected chi connectivity index (χ1v) is 6.82. The zero-order valence-corrected chi connectivity index (χ0v) is 12.5.